The van der Waals surface area contributed by atoms with Crippen LogP contribution in [0.5, 0.6) is 0 Å². The van der Waals surface area contributed by atoms with Crippen molar-refractivity contribution in [1.82, 2.24) is 4.90 Å². The number of benzene rings is 2. The number of fused-ring (bicyclic) bond motifs is 1. The quantitative estimate of drug-likeness (QED) is 0.553. The zero-order valence-corrected chi connectivity index (χ0v) is 16.2. The number of carbonyl (C=O) groups excluding carboxylic acids is 2. The van der Waals surface area contributed by atoms with E-state index in [1.807, 2.05) is 6.07 Å². The first-order valence-corrected chi connectivity index (χ1v) is 9.49. The van der Waals surface area contributed by atoms with Gasteiger partial charge in [-0.2, -0.15) is 13.2 Å². The predicted octanol–water partition coefficient (Wildman–Crippen LogP) is 4.15. The van der Waals surface area contributed by atoms with Crippen molar-refractivity contribution in [2.24, 2.45) is 5.41 Å². The highest BCUT2D eigenvalue weighted by Gasteiger charge is 2.50. The van der Waals surface area contributed by atoms with Gasteiger partial charge in [-0.05, 0) is 54.2 Å². The summed E-state index contributed by atoms with van der Waals surface area (Å²) in [6.45, 7) is 0.457. The first-order valence-electron chi connectivity index (χ1n) is 9.49. The van der Waals surface area contributed by atoms with Gasteiger partial charge in [0.2, 0.25) is 5.91 Å². The van der Waals surface area contributed by atoms with Gasteiger partial charge in [0, 0.05) is 13.1 Å². The number of halogens is 4. The maximum absolute atomic E-state index is 13.9. The third kappa shape index (κ3) is 3.34. The van der Waals surface area contributed by atoms with Crippen LogP contribution in [0.1, 0.15) is 39.0 Å². The molecule has 4 nitrogen and oxygen atoms in total. The van der Waals surface area contributed by atoms with Gasteiger partial charge < -0.3 is 9.64 Å². The lowest BCUT2D eigenvalue weighted by Crippen LogP contribution is -2.35. The zero-order valence-electron chi connectivity index (χ0n) is 16.2. The SMILES string of the molecule is COC(=O)c1cccc2c1CC1(CCN(Cc3ccc(C(F)(F)F)c(F)c3)C1=O)C2. The molecule has 0 saturated carbocycles. The van der Waals surface area contributed by atoms with Gasteiger partial charge in [0.25, 0.3) is 0 Å². The molecular weight excluding hydrogens is 402 g/mol. The molecule has 0 aromatic heterocycles. The highest BCUT2D eigenvalue weighted by Crippen LogP contribution is 2.46. The van der Waals surface area contributed by atoms with Crippen molar-refractivity contribution in [3.63, 3.8) is 0 Å². The molecule has 1 aliphatic heterocycles. The summed E-state index contributed by atoms with van der Waals surface area (Å²) in [4.78, 5) is 26.8. The summed E-state index contributed by atoms with van der Waals surface area (Å²) >= 11 is 0. The fourth-order valence-corrected chi connectivity index (χ4v) is 4.55. The number of hydrogen-bond acceptors (Lipinski definition) is 3. The summed E-state index contributed by atoms with van der Waals surface area (Å²) in [7, 11) is 1.30. The van der Waals surface area contributed by atoms with Crippen LogP contribution in [-0.4, -0.2) is 30.4 Å². The van der Waals surface area contributed by atoms with Gasteiger partial charge in [-0.3, -0.25) is 4.79 Å². The molecule has 1 fully saturated rings. The highest BCUT2D eigenvalue weighted by molar-refractivity contribution is 5.93. The van der Waals surface area contributed by atoms with E-state index >= 15 is 0 Å². The second-order valence-electron chi connectivity index (χ2n) is 7.86. The number of ether oxygens (including phenoxy) is 1. The molecule has 2 aromatic carbocycles. The van der Waals surface area contributed by atoms with Crippen LogP contribution in [-0.2, 0) is 35.1 Å². The third-order valence-corrected chi connectivity index (χ3v) is 6.04. The monoisotopic (exact) mass is 421 g/mol. The minimum absolute atomic E-state index is 0.0375. The number of amides is 1. The molecule has 1 unspecified atom stereocenters. The van der Waals surface area contributed by atoms with Crippen molar-refractivity contribution in [3.8, 4) is 0 Å². The van der Waals surface area contributed by atoms with E-state index in [1.165, 1.54) is 13.2 Å². The van der Waals surface area contributed by atoms with Crippen LogP contribution >= 0.6 is 0 Å². The van der Waals surface area contributed by atoms with Crippen molar-refractivity contribution in [2.75, 3.05) is 13.7 Å². The average molecular weight is 421 g/mol. The van der Waals surface area contributed by atoms with Crippen LogP contribution in [0, 0.1) is 11.2 Å². The van der Waals surface area contributed by atoms with Crippen LogP contribution in [0.25, 0.3) is 0 Å². The Morgan fingerprint density at radius 2 is 1.97 bits per heavy atom. The number of hydrogen-bond donors (Lipinski definition) is 0. The van der Waals surface area contributed by atoms with E-state index in [4.69, 9.17) is 4.74 Å². The summed E-state index contributed by atoms with van der Waals surface area (Å²) in [5.41, 5.74) is 0.474. The molecule has 1 heterocycles. The van der Waals surface area contributed by atoms with E-state index in [2.05, 4.69) is 0 Å². The van der Waals surface area contributed by atoms with Crippen LogP contribution in [0.15, 0.2) is 36.4 Å². The Morgan fingerprint density at radius 1 is 1.20 bits per heavy atom. The second kappa shape index (κ2) is 7.11. The molecule has 1 spiro atoms. The van der Waals surface area contributed by atoms with E-state index in [1.54, 1.807) is 17.0 Å². The molecule has 0 bridgehead atoms. The minimum atomic E-state index is -4.76. The average Bonchev–Trinajstić information content (AvgIpc) is 3.21. The molecule has 158 valence electrons. The van der Waals surface area contributed by atoms with Gasteiger partial charge >= 0.3 is 12.1 Å². The molecule has 30 heavy (non-hydrogen) atoms. The van der Waals surface area contributed by atoms with Crippen LogP contribution in [0.3, 0.4) is 0 Å². The van der Waals surface area contributed by atoms with E-state index in [0.29, 0.717) is 43.0 Å². The van der Waals surface area contributed by atoms with Gasteiger partial charge in [0.05, 0.1) is 23.7 Å². The maximum Gasteiger partial charge on any atom is 0.419 e. The van der Waals surface area contributed by atoms with Gasteiger partial charge in [-0.1, -0.05) is 18.2 Å². The fourth-order valence-electron chi connectivity index (χ4n) is 4.55. The number of likely N-dealkylation sites (tertiary alicyclic amines) is 1. The van der Waals surface area contributed by atoms with Crippen LogP contribution in [0.2, 0.25) is 0 Å². The molecule has 1 saturated heterocycles. The molecule has 2 aliphatic rings. The largest absolute Gasteiger partial charge is 0.465 e. The number of rotatable bonds is 3. The fraction of sp³-hybridized carbons (Fsp3) is 0.364. The van der Waals surface area contributed by atoms with E-state index in [9.17, 15) is 27.2 Å². The number of carbonyl (C=O) groups is 2. The number of nitrogens with zero attached hydrogens (tertiary/aromatic N) is 1. The standard InChI is InChI=1S/C22H19F4NO3/c1-30-19(28)15-4-2-3-14-10-21(11-16(14)15)7-8-27(20(21)29)12-13-5-6-17(18(23)9-13)22(24,25)26/h2-6,9H,7-8,10-12H2,1H3. The molecule has 4 rings (SSSR count). The van der Waals surface area contributed by atoms with E-state index in [-0.39, 0.29) is 12.5 Å². The van der Waals surface area contributed by atoms with Gasteiger partial charge in [0.15, 0.2) is 0 Å². The Bertz CT molecular complexity index is 1030. The number of esters is 1. The van der Waals surface area contributed by atoms with E-state index in [0.717, 1.165) is 17.2 Å². The first kappa shape index (κ1) is 20.4. The van der Waals surface area contributed by atoms with Gasteiger partial charge in [-0.15, -0.1) is 0 Å². The second-order valence-corrected chi connectivity index (χ2v) is 7.86. The molecule has 1 atom stereocenters. The summed E-state index contributed by atoms with van der Waals surface area (Å²) in [5, 5.41) is 0. The Hall–Kier alpha value is -2.90. The van der Waals surface area contributed by atoms with Crippen LogP contribution in [0.4, 0.5) is 17.6 Å². The predicted molar refractivity (Wildman–Crippen MR) is 99.1 cm³/mol. The molecule has 1 amide bonds. The van der Waals surface area contributed by atoms with Crippen molar-refractivity contribution >= 4 is 11.9 Å². The number of alkyl halides is 3. The third-order valence-electron chi connectivity index (χ3n) is 6.04. The van der Waals surface area contributed by atoms with Crippen molar-refractivity contribution in [3.05, 3.63) is 70.0 Å². The summed E-state index contributed by atoms with van der Waals surface area (Å²) in [6.07, 6.45) is -3.30. The molecule has 1 aliphatic carbocycles. The molecule has 8 heteroatoms. The van der Waals surface area contributed by atoms with E-state index < -0.39 is 28.9 Å². The first-order chi connectivity index (χ1) is 14.1. The maximum atomic E-state index is 13.9. The zero-order chi connectivity index (χ0) is 21.7. The van der Waals surface area contributed by atoms with Crippen molar-refractivity contribution < 1.29 is 31.9 Å². The summed E-state index contributed by atoms with van der Waals surface area (Å²) in [5.74, 6) is -1.93. The topological polar surface area (TPSA) is 46.6 Å². The van der Waals surface area contributed by atoms with Crippen molar-refractivity contribution in [2.45, 2.75) is 32.0 Å². The number of methoxy groups -OCH3 is 1. The lowest BCUT2D eigenvalue weighted by Gasteiger charge is -2.23. The lowest BCUT2D eigenvalue weighted by molar-refractivity contribution is -0.140. The minimum Gasteiger partial charge on any atom is -0.465 e. The Kier molecular flexibility index (Phi) is 4.83. The summed E-state index contributed by atoms with van der Waals surface area (Å²) in [6, 6.07) is 8.05. The normalized spacial score (nSPS) is 20.7. The Labute approximate surface area is 170 Å². The Balaban J connectivity index is 1.54. The summed E-state index contributed by atoms with van der Waals surface area (Å²) < 4.78 is 57.0. The van der Waals surface area contributed by atoms with Gasteiger partial charge in [-0.25, -0.2) is 9.18 Å². The van der Waals surface area contributed by atoms with Crippen LogP contribution < -0.4 is 0 Å². The lowest BCUT2D eigenvalue weighted by atomic mass is 9.83. The Morgan fingerprint density at radius 3 is 2.63 bits per heavy atom. The molecule has 0 radical (unpaired) electrons. The molecule has 0 N–H and O–H groups in total. The smallest absolute Gasteiger partial charge is 0.419 e. The van der Waals surface area contributed by atoms with Gasteiger partial charge in [0.1, 0.15) is 5.82 Å². The molecular formula is C22H19F4NO3. The highest BCUT2D eigenvalue weighted by atomic mass is 19.4. The van der Waals surface area contributed by atoms with Crippen molar-refractivity contribution in [1.29, 1.82) is 0 Å². The molecule has 2 aromatic rings.